The van der Waals surface area contributed by atoms with Crippen molar-refractivity contribution in [2.75, 3.05) is 26.0 Å². The van der Waals surface area contributed by atoms with Gasteiger partial charge in [-0.1, -0.05) is 6.08 Å². The van der Waals surface area contributed by atoms with Crippen molar-refractivity contribution in [3.05, 3.63) is 35.9 Å². The molecule has 0 aromatic heterocycles. The molecule has 0 bridgehead atoms. The molecule has 2 unspecified atom stereocenters. The van der Waals surface area contributed by atoms with Gasteiger partial charge in [-0.2, -0.15) is 0 Å². The Hall–Kier alpha value is -1.50. The lowest BCUT2D eigenvalue weighted by Gasteiger charge is -2.31. The molecule has 1 aromatic rings. The predicted molar refractivity (Wildman–Crippen MR) is 103 cm³/mol. The van der Waals surface area contributed by atoms with Gasteiger partial charge in [0.2, 0.25) is 0 Å². The molecule has 1 amide bonds. The number of amides is 1. The highest BCUT2D eigenvalue weighted by molar-refractivity contribution is 7.90. The van der Waals surface area contributed by atoms with Crippen molar-refractivity contribution < 1.29 is 19.2 Å². The number of likely N-dealkylation sites (tertiary alicyclic amines) is 1. The lowest BCUT2D eigenvalue weighted by Crippen LogP contribution is -2.38. The smallest absolute Gasteiger partial charge is 0.407 e. The maximum absolute atomic E-state index is 11.5. The Morgan fingerprint density at radius 3 is 2.50 bits per heavy atom. The van der Waals surface area contributed by atoms with Gasteiger partial charge in [-0.3, -0.25) is 0 Å². The summed E-state index contributed by atoms with van der Waals surface area (Å²) in [5.74, 6) is 0.471. The Bertz CT molecular complexity index is 636. The first-order chi connectivity index (χ1) is 12.5. The maximum atomic E-state index is 11.5. The average molecular weight is 378 g/mol. The number of benzene rings is 1. The number of rotatable bonds is 5. The van der Waals surface area contributed by atoms with Gasteiger partial charge in [-0.25, -0.2) is 4.79 Å². The van der Waals surface area contributed by atoms with E-state index in [4.69, 9.17) is 9.84 Å². The molecule has 0 spiro atoms. The van der Waals surface area contributed by atoms with Crippen LogP contribution in [0.4, 0.5) is 4.79 Å². The average Bonchev–Trinajstić information content (AvgIpc) is 2.67. The first kappa shape index (κ1) is 19.3. The highest BCUT2D eigenvalue weighted by atomic mass is 32.2. The molecule has 2 aliphatic rings. The standard InChI is InChI=1S/C20H27NO4S/c1-26(24)19-8-4-17(5-9-19)16-2-6-18(7-3-16)25-14-15-10-12-21(13-11-15)20(22)23/h2,4-5,8-9,15,18H,3,6-7,10-14H2,1H3,(H,22,23). The second-order valence-electron chi connectivity index (χ2n) is 7.15. The molecular formula is C20H27NO4S. The number of ether oxygens (including phenoxy) is 1. The van der Waals surface area contributed by atoms with Gasteiger partial charge in [0, 0.05) is 19.7 Å². The molecule has 0 saturated carbocycles. The minimum absolute atomic E-state index is 0.263. The molecule has 1 heterocycles. The highest BCUT2D eigenvalue weighted by Gasteiger charge is 2.24. The first-order valence-corrected chi connectivity index (χ1v) is 10.8. The van der Waals surface area contributed by atoms with Gasteiger partial charge in [0.15, 0.2) is 4.90 Å². The fraction of sp³-hybridized carbons (Fsp3) is 0.550. The van der Waals surface area contributed by atoms with Crippen molar-refractivity contribution in [1.82, 2.24) is 4.90 Å². The quantitative estimate of drug-likeness (QED) is 0.793. The lowest BCUT2D eigenvalue weighted by atomic mass is 9.92. The lowest BCUT2D eigenvalue weighted by molar-refractivity contribution is 0.0101. The summed E-state index contributed by atoms with van der Waals surface area (Å²) in [5, 5.41) is 8.99. The zero-order chi connectivity index (χ0) is 18.5. The van der Waals surface area contributed by atoms with Gasteiger partial charge in [-0.05, 0) is 84.6 Å². The number of hydrogen-bond acceptors (Lipinski definition) is 3. The SMILES string of the molecule is C[S+]([O-])c1ccc(C2=CCC(OCC3CCN(C(=O)O)CC3)CC2)cc1. The van der Waals surface area contributed by atoms with E-state index in [1.165, 1.54) is 16.0 Å². The number of carboxylic acid groups (broad SMARTS) is 1. The van der Waals surface area contributed by atoms with Gasteiger partial charge in [0.25, 0.3) is 0 Å². The fourth-order valence-electron chi connectivity index (χ4n) is 3.65. The summed E-state index contributed by atoms with van der Waals surface area (Å²) in [5.41, 5.74) is 2.55. The van der Waals surface area contributed by atoms with Crippen LogP contribution in [0.3, 0.4) is 0 Å². The molecule has 1 aliphatic carbocycles. The third-order valence-electron chi connectivity index (χ3n) is 5.37. The van der Waals surface area contributed by atoms with E-state index in [0.717, 1.165) is 43.6 Å². The van der Waals surface area contributed by atoms with Crippen LogP contribution in [-0.4, -0.2) is 52.7 Å². The van der Waals surface area contributed by atoms with Crippen LogP contribution in [0.2, 0.25) is 0 Å². The normalized spacial score (nSPS) is 22.8. The van der Waals surface area contributed by atoms with Gasteiger partial charge in [-0.15, -0.1) is 0 Å². The molecule has 142 valence electrons. The number of carbonyl (C=O) groups is 1. The van der Waals surface area contributed by atoms with E-state index in [1.807, 2.05) is 12.1 Å². The second-order valence-corrected chi connectivity index (χ2v) is 8.53. The van der Waals surface area contributed by atoms with Gasteiger partial charge in [0.05, 0.1) is 6.10 Å². The van der Waals surface area contributed by atoms with Crippen LogP contribution in [0.15, 0.2) is 35.2 Å². The summed E-state index contributed by atoms with van der Waals surface area (Å²) in [4.78, 5) is 13.3. The largest absolute Gasteiger partial charge is 0.612 e. The molecule has 1 fully saturated rings. The highest BCUT2D eigenvalue weighted by Crippen LogP contribution is 2.29. The van der Waals surface area contributed by atoms with Crippen LogP contribution in [0.25, 0.3) is 5.57 Å². The van der Waals surface area contributed by atoms with E-state index in [0.29, 0.717) is 19.0 Å². The van der Waals surface area contributed by atoms with E-state index < -0.39 is 17.3 Å². The molecule has 1 N–H and O–H groups in total. The number of piperidine rings is 1. The second kappa shape index (κ2) is 8.93. The predicted octanol–water partition coefficient (Wildman–Crippen LogP) is 3.77. The minimum atomic E-state index is -0.933. The molecule has 26 heavy (non-hydrogen) atoms. The summed E-state index contributed by atoms with van der Waals surface area (Å²) in [6, 6.07) is 8.00. The Labute approximate surface area is 158 Å². The van der Waals surface area contributed by atoms with Crippen LogP contribution in [0.1, 0.15) is 37.7 Å². The fourth-order valence-corrected chi connectivity index (χ4v) is 4.17. The third kappa shape index (κ3) is 5.02. The zero-order valence-electron chi connectivity index (χ0n) is 15.2. The van der Waals surface area contributed by atoms with Gasteiger partial charge < -0.3 is 19.3 Å². The van der Waals surface area contributed by atoms with Gasteiger partial charge in [0.1, 0.15) is 6.26 Å². The zero-order valence-corrected chi connectivity index (χ0v) is 16.0. The Morgan fingerprint density at radius 2 is 1.96 bits per heavy atom. The van der Waals surface area contributed by atoms with Crippen molar-refractivity contribution in [3.8, 4) is 0 Å². The van der Waals surface area contributed by atoms with Crippen LogP contribution in [0, 0.1) is 5.92 Å². The Kier molecular flexibility index (Phi) is 6.62. The molecule has 2 atom stereocenters. The van der Waals surface area contributed by atoms with Gasteiger partial charge >= 0.3 is 6.09 Å². The van der Waals surface area contributed by atoms with Crippen molar-refractivity contribution >= 4 is 22.8 Å². The minimum Gasteiger partial charge on any atom is -0.612 e. The molecule has 1 aromatic carbocycles. The Morgan fingerprint density at radius 1 is 1.27 bits per heavy atom. The maximum Gasteiger partial charge on any atom is 0.407 e. The molecule has 1 aliphatic heterocycles. The number of hydrogen-bond donors (Lipinski definition) is 1. The Balaban J connectivity index is 1.44. The van der Waals surface area contributed by atoms with E-state index in [2.05, 4.69) is 18.2 Å². The molecule has 0 radical (unpaired) electrons. The summed E-state index contributed by atoms with van der Waals surface area (Å²) in [6.45, 7) is 1.98. The first-order valence-electron chi connectivity index (χ1n) is 9.25. The van der Waals surface area contributed by atoms with Crippen LogP contribution in [-0.2, 0) is 15.9 Å². The van der Waals surface area contributed by atoms with Crippen LogP contribution in [0.5, 0.6) is 0 Å². The van der Waals surface area contributed by atoms with E-state index in [-0.39, 0.29) is 6.10 Å². The molecule has 6 heteroatoms. The summed E-state index contributed by atoms with van der Waals surface area (Å²) in [6.07, 6.45) is 8.13. The molecule has 3 rings (SSSR count). The van der Waals surface area contributed by atoms with E-state index >= 15 is 0 Å². The summed E-state index contributed by atoms with van der Waals surface area (Å²) >= 11 is -0.933. The monoisotopic (exact) mass is 377 g/mol. The summed E-state index contributed by atoms with van der Waals surface area (Å²) in [7, 11) is 0. The van der Waals surface area contributed by atoms with Crippen molar-refractivity contribution in [2.24, 2.45) is 5.92 Å². The van der Waals surface area contributed by atoms with E-state index in [9.17, 15) is 9.35 Å². The third-order valence-corrected chi connectivity index (χ3v) is 6.31. The van der Waals surface area contributed by atoms with Crippen LogP contribution >= 0.6 is 0 Å². The van der Waals surface area contributed by atoms with Crippen LogP contribution < -0.4 is 0 Å². The topological polar surface area (TPSA) is 72.8 Å². The number of allylic oxidation sites excluding steroid dienone is 1. The van der Waals surface area contributed by atoms with Crippen molar-refractivity contribution in [1.29, 1.82) is 0 Å². The number of nitrogens with zero attached hydrogens (tertiary/aromatic N) is 1. The molecule has 1 saturated heterocycles. The summed E-state index contributed by atoms with van der Waals surface area (Å²) < 4.78 is 17.6. The van der Waals surface area contributed by atoms with Crippen molar-refractivity contribution in [2.45, 2.75) is 43.1 Å². The molecule has 5 nitrogen and oxygen atoms in total. The van der Waals surface area contributed by atoms with Crippen molar-refractivity contribution in [3.63, 3.8) is 0 Å². The molecular weight excluding hydrogens is 350 g/mol. The van der Waals surface area contributed by atoms with E-state index in [1.54, 1.807) is 6.26 Å².